The van der Waals surface area contributed by atoms with E-state index in [4.69, 9.17) is 15.2 Å². The Kier molecular flexibility index (Phi) is 5.49. The first-order chi connectivity index (χ1) is 7.67. The van der Waals surface area contributed by atoms with E-state index in [9.17, 15) is 0 Å². The first-order valence-electron chi connectivity index (χ1n) is 5.26. The zero-order chi connectivity index (χ0) is 12.0. The maximum absolute atomic E-state index is 5.70. The minimum atomic E-state index is 0.498. The van der Waals surface area contributed by atoms with Crippen molar-refractivity contribution in [1.82, 2.24) is 0 Å². The maximum atomic E-state index is 5.70. The Morgan fingerprint density at radius 2 is 2.12 bits per heavy atom. The van der Waals surface area contributed by atoms with E-state index in [1.165, 1.54) is 0 Å². The number of nitrogen functional groups attached to an aromatic ring is 1. The molecule has 0 aliphatic rings. The first-order valence-corrected chi connectivity index (χ1v) is 6.14. The van der Waals surface area contributed by atoms with Crippen LogP contribution in [0.15, 0.2) is 23.1 Å². The van der Waals surface area contributed by atoms with Gasteiger partial charge in [-0.25, -0.2) is 0 Å². The number of ether oxygens (including phenoxy) is 2. The van der Waals surface area contributed by atoms with Crippen LogP contribution < -0.4 is 10.5 Å². The van der Waals surface area contributed by atoms with Crippen molar-refractivity contribution in [1.29, 1.82) is 0 Å². The molecular weight excluding hydrogens is 222 g/mol. The quantitative estimate of drug-likeness (QED) is 0.614. The average molecular weight is 241 g/mol. The molecule has 0 radical (unpaired) electrons. The molecule has 0 aliphatic carbocycles. The number of hydrogen-bond donors (Lipinski definition) is 1. The average Bonchev–Trinajstić information content (AvgIpc) is 2.28. The predicted octanol–water partition coefficient (Wildman–Crippen LogP) is 2.79. The molecule has 0 bridgehead atoms. The summed E-state index contributed by atoms with van der Waals surface area (Å²) < 4.78 is 10.4. The highest BCUT2D eigenvalue weighted by atomic mass is 32.2. The molecule has 2 N–H and O–H groups in total. The molecule has 1 atom stereocenters. The van der Waals surface area contributed by atoms with Gasteiger partial charge in [0.2, 0.25) is 0 Å². The number of nitrogens with two attached hydrogens (primary N) is 1. The van der Waals surface area contributed by atoms with Crippen LogP contribution in [0.25, 0.3) is 0 Å². The van der Waals surface area contributed by atoms with Gasteiger partial charge in [0.15, 0.2) is 0 Å². The standard InChI is InChI=1S/C12H19NO2S/c1-9(6-7-14-2)16-12-5-4-10(13)8-11(12)15-3/h4-5,8-9H,6-7,13H2,1-3H3. The lowest BCUT2D eigenvalue weighted by molar-refractivity contribution is 0.195. The van der Waals surface area contributed by atoms with E-state index in [0.717, 1.165) is 29.4 Å². The third kappa shape index (κ3) is 3.94. The summed E-state index contributed by atoms with van der Waals surface area (Å²) in [5.74, 6) is 0.842. The van der Waals surface area contributed by atoms with Crippen molar-refractivity contribution in [3.8, 4) is 5.75 Å². The lowest BCUT2D eigenvalue weighted by Gasteiger charge is -2.13. The van der Waals surface area contributed by atoms with Crippen LogP contribution in [-0.2, 0) is 4.74 Å². The molecule has 1 aromatic rings. The highest BCUT2D eigenvalue weighted by Gasteiger charge is 2.09. The van der Waals surface area contributed by atoms with Crippen LogP contribution >= 0.6 is 11.8 Å². The monoisotopic (exact) mass is 241 g/mol. The molecule has 1 aromatic carbocycles. The van der Waals surface area contributed by atoms with Gasteiger partial charge in [-0.2, -0.15) is 0 Å². The van der Waals surface area contributed by atoms with E-state index in [1.807, 2.05) is 18.2 Å². The van der Waals surface area contributed by atoms with E-state index in [2.05, 4.69) is 6.92 Å². The fourth-order valence-corrected chi connectivity index (χ4v) is 2.39. The number of methoxy groups -OCH3 is 2. The summed E-state index contributed by atoms with van der Waals surface area (Å²) in [5.41, 5.74) is 6.43. The lowest BCUT2D eigenvalue weighted by Crippen LogP contribution is -2.02. The Labute approximate surface area is 101 Å². The Bertz CT molecular complexity index is 331. The summed E-state index contributed by atoms with van der Waals surface area (Å²) >= 11 is 1.78. The number of thioether (sulfide) groups is 1. The van der Waals surface area contributed by atoms with Gasteiger partial charge >= 0.3 is 0 Å². The van der Waals surface area contributed by atoms with Gasteiger partial charge in [-0.15, -0.1) is 11.8 Å². The number of hydrogen-bond acceptors (Lipinski definition) is 4. The largest absolute Gasteiger partial charge is 0.496 e. The Hall–Kier alpha value is -0.870. The summed E-state index contributed by atoms with van der Waals surface area (Å²) in [5, 5.41) is 0.498. The molecule has 0 aromatic heterocycles. The Morgan fingerprint density at radius 3 is 2.75 bits per heavy atom. The highest BCUT2D eigenvalue weighted by molar-refractivity contribution is 8.00. The molecule has 0 heterocycles. The van der Waals surface area contributed by atoms with Crippen LogP contribution in [0, 0.1) is 0 Å². The Balaban J connectivity index is 2.65. The highest BCUT2D eigenvalue weighted by Crippen LogP contribution is 2.34. The zero-order valence-corrected chi connectivity index (χ0v) is 10.8. The minimum absolute atomic E-state index is 0.498. The van der Waals surface area contributed by atoms with Crippen LogP contribution in [0.1, 0.15) is 13.3 Å². The van der Waals surface area contributed by atoms with Gasteiger partial charge in [-0.05, 0) is 18.6 Å². The zero-order valence-electron chi connectivity index (χ0n) is 10.0. The van der Waals surface area contributed by atoms with Crippen LogP contribution in [0.5, 0.6) is 5.75 Å². The van der Waals surface area contributed by atoms with Gasteiger partial charge in [0.1, 0.15) is 5.75 Å². The van der Waals surface area contributed by atoms with E-state index in [-0.39, 0.29) is 0 Å². The fraction of sp³-hybridized carbons (Fsp3) is 0.500. The molecule has 1 unspecified atom stereocenters. The van der Waals surface area contributed by atoms with E-state index < -0.39 is 0 Å². The SMILES string of the molecule is COCCC(C)Sc1ccc(N)cc1OC. The normalized spacial score (nSPS) is 12.4. The van der Waals surface area contributed by atoms with Crippen LogP contribution in [0.4, 0.5) is 5.69 Å². The third-order valence-electron chi connectivity index (χ3n) is 2.24. The van der Waals surface area contributed by atoms with Crippen molar-refractivity contribution in [3.05, 3.63) is 18.2 Å². The molecule has 3 nitrogen and oxygen atoms in total. The molecular formula is C12H19NO2S. The number of benzene rings is 1. The van der Waals surface area contributed by atoms with Crippen molar-refractivity contribution >= 4 is 17.4 Å². The third-order valence-corrected chi connectivity index (χ3v) is 3.47. The molecule has 0 saturated heterocycles. The van der Waals surface area contributed by atoms with Crippen LogP contribution in [0.2, 0.25) is 0 Å². The second-order valence-corrected chi connectivity index (χ2v) is 5.10. The van der Waals surface area contributed by atoms with E-state index >= 15 is 0 Å². The van der Waals surface area contributed by atoms with Gasteiger partial charge in [-0.3, -0.25) is 0 Å². The topological polar surface area (TPSA) is 44.5 Å². The second kappa shape index (κ2) is 6.66. The fourth-order valence-electron chi connectivity index (χ4n) is 1.34. The second-order valence-electron chi connectivity index (χ2n) is 3.62. The summed E-state index contributed by atoms with van der Waals surface area (Å²) in [7, 11) is 3.39. The molecule has 0 aliphatic heterocycles. The molecule has 1 rings (SSSR count). The summed E-state index contributed by atoms with van der Waals surface area (Å²) in [6, 6.07) is 5.75. The molecule has 4 heteroatoms. The van der Waals surface area contributed by atoms with Gasteiger partial charge in [0.05, 0.1) is 7.11 Å². The smallest absolute Gasteiger partial charge is 0.134 e. The van der Waals surface area contributed by atoms with Crippen LogP contribution in [-0.4, -0.2) is 26.1 Å². The van der Waals surface area contributed by atoms with Gasteiger partial charge in [0, 0.05) is 35.6 Å². The van der Waals surface area contributed by atoms with E-state index in [0.29, 0.717) is 5.25 Å². The number of rotatable bonds is 6. The van der Waals surface area contributed by atoms with Crippen LogP contribution in [0.3, 0.4) is 0 Å². The molecule has 0 saturated carbocycles. The molecule has 16 heavy (non-hydrogen) atoms. The predicted molar refractivity (Wildman–Crippen MR) is 69.2 cm³/mol. The lowest BCUT2D eigenvalue weighted by atomic mass is 10.3. The van der Waals surface area contributed by atoms with Crippen molar-refractivity contribution in [3.63, 3.8) is 0 Å². The first kappa shape index (κ1) is 13.2. The molecule has 0 spiro atoms. The van der Waals surface area contributed by atoms with Gasteiger partial charge in [0.25, 0.3) is 0 Å². The van der Waals surface area contributed by atoms with Gasteiger partial charge in [-0.1, -0.05) is 6.92 Å². The number of anilines is 1. The minimum Gasteiger partial charge on any atom is -0.496 e. The summed E-state index contributed by atoms with van der Waals surface area (Å²) in [6.45, 7) is 2.96. The van der Waals surface area contributed by atoms with Crippen molar-refractivity contribution < 1.29 is 9.47 Å². The van der Waals surface area contributed by atoms with E-state index in [1.54, 1.807) is 26.0 Å². The van der Waals surface area contributed by atoms with Crippen molar-refractivity contribution in [2.75, 3.05) is 26.6 Å². The maximum Gasteiger partial charge on any atom is 0.134 e. The Morgan fingerprint density at radius 1 is 1.38 bits per heavy atom. The molecule has 90 valence electrons. The summed E-state index contributed by atoms with van der Waals surface area (Å²) in [6.07, 6.45) is 1.02. The van der Waals surface area contributed by atoms with Crippen molar-refractivity contribution in [2.24, 2.45) is 0 Å². The van der Waals surface area contributed by atoms with Crippen molar-refractivity contribution in [2.45, 2.75) is 23.5 Å². The molecule has 0 amide bonds. The summed E-state index contributed by atoms with van der Waals surface area (Å²) in [4.78, 5) is 1.13. The molecule has 0 fully saturated rings. The van der Waals surface area contributed by atoms with Gasteiger partial charge < -0.3 is 15.2 Å².